The molecule has 0 radical (unpaired) electrons. The van der Waals surface area contributed by atoms with Crippen LogP contribution in [0.1, 0.15) is 17.3 Å². The highest BCUT2D eigenvalue weighted by Crippen LogP contribution is 2.17. The van der Waals surface area contributed by atoms with E-state index in [1.807, 2.05) is 0 Å². The predicted octanol–water partition coefficient (Wildman–Crippen LogP) is 2.08. The Morgan fingerprint density at radius 1 is 1.44 bits per heavy atom. The number of hydrogen-bond acceptors (Lipinski definition) is 4. The molecule has 1 atom stereocenters. The van der Waals surface area contributed by atoms with Crippen LogP contribution >= 0.6 is 0 Å². The summed E-state index contributed by atoms with van der Waals surface area (Å²) in [7, 11) is 5.12. The van der Waals surface area contributed by atoms with E-state index in [-0.39, 0.29) is 18.3 Å². The van der Waals surface area contributed by atoms with Gasteiger partial charge in [0.1, 0.15) is 12.4 Å². The molecule has 100 valence electrons. The standard InChI is InChI=1S/C13H18FNO3/c1-9(17-4)8-18-13(16)11-6-5-10(15(2)3)7-12(11)14/h5-7,9H,8H2,1-4H3/t9-/m1/s1. The van der Waals surface area contributed by atoms with Crippen molar-refractivity contribution in [3.8, 4) is 0 Å². The van der Waals surface area contributed by atoms with Gasteiger partial charge in [0, 0.05) is 26.9 Å². The number of methoxy groups -OCH3 is 1. The fourth-order valence-corrected chi connectivity index (χ4v) is 1.29. The summed E-state index contributed by atoms with van der Waals surface area (Å²) in [5.74, 6) is -1.27. The minimum Gasteiger partial charge on any atom is -0.459 e. The fourth-order valence-electron chi connectivity index (χ4n) is 1.29. The Morgan fingerprint density at radius 3 is 2.61 bits per heavy atom. The molecule has 1 aromatic rings. The molecule has 5 heteroatoms. The van der Waals surface area contributed by atoms with Crippen molar-refractivity contribution in [1.82, 2.24) is 0 Å². The van der Waals surface area contributed by atoms with Crippen LogP contribution < -0.4 is 4.90 Å². The molecule has 0 saturated carbocycles. The number of rotatable bonds is 5. The van der Waals surface area contributed by atoms with E-state index in [0.29, 0.717) is 5.69 Å². The Hall–Kier alpha value is -1.62. The second kappa shape index (κ2) is 6.35. The lowest BCUT2D eigenvalue weighted by atomic mass is 10.2. The van der Waals surface area contributed by atoms with Gasteiger partial charge in [-0.15, -0.1) is 0 Å². The number of benzene rings is 1. The summed E-state index contributed by atoms with van der Waals surface area (Å²) >= 11 is 0. The molecule has 4 nitrogen and oxygen atoms in total. The molecule has 0 spiro atoms. The van der Waals surface area contributed by atoms with Crippen molar-refractivity contribution in [1.29, 1.82) is 0 Å². The van der Waals surface area contributed by atoms with Crippen LogP contribution in [-0.2, 0) is 9.47 Å². The van der Waals surface area contributed by atoms with Crippen LogP contribution in [0.5, 0.6) is 0 Å². The van der Waals surface area contributed by atoms with Gasteiger partial charge in [-0.05, 0) is 25.1 Å². The smallest absolute Gasteiger partial charge is 0.341 e. The first-order valence-electron chi connectivity index (χ1n) is 5.62. The van der Waals surface area contributed by atoms with Gasteiger partial charge >= 0.3 is 5.97 Å². The Labute approximate surface area is 106 Å². The van der Waals surface area contributed by atoms with Crippen molar-refractivity contribution >= 4 is 11.7 Å². The Morgan fingerprint density at radius 2 is 2.11 bits per heavy atom. The summed E-state index contributed by atoms with van der Waals surface area (Å²) < 4.78 is 23.6. The van der Waals surface area contributed by atoms with Gasteiger partial charge in [0.15, 0.2) is 0 Å². The normalized spacial score (nSPS) is 12.1. The third kappa shape index (κ3) is 3.70. The quantitative estimate of drug-likeness (QED) is 0.755. The molecule has 1 rings (SSSR count). The van der Waals surface area contributed by atoms with Crippen molar-refractivity contribution in [3.63, 3.8) is 0 Å². The molecule has 0 aromatic heterocycles. The van der Waals surface area contributed by atoms with Crippen LogP contribution in [0.15, 0.2) is 18.2 Å². The topological polar surface area (TPSA) is 38.8 Å². The number of esters is 1. The molecule has 0 fully saturated rings. The number of carbonyl (C=O) groups excluding carboxylic acids is 1. The van der Waals surface area contributed by atoms with Crippen LogP contribution in [0.3, 0.4) is 0 Å². The number of anilines is 1. The van der Waals surface area contributed by atoms with E-state index in [0.717, 1.165) is 0 Å². The van der Waals surface area contributed by atoms with E-state index < -0.39 is 11.8 Å². The lowest BCUT2D eigenvalue weighted by molar-refractivity contribution is 0.0165. The molecule has 0 heterocycles. The number of carbonyl (C=O) groups is 1. The second-order valence-electron chi connectivity index (χ2n) is 4.20. The monoisotopic (exact) mass is 255 g/mol. The summed E-state index contributed by atoms with van der Waals surface area (Å²) in [6, 6.07) is 4.39. The van der Waals surface area contributed by atoms with Crippen molar-refractivity contribution < 1.29 is 18.7 Å². The first-order chi connectivity index (χ1) is 8.45. The van der Waals surface area contributed by atoms with Crippen molar-refractivity contribution in [3.05, 3.63) is 29.6 Å². The van der Waals surface area contributed by atoms with Crippen molar-refractivity contribution in [2.24, 2.45) is 0 Å². The first-order valence-corrected chi connectivity index (χ1v) is 5.62. The zero-order chi connectivity index (χ0) is 13.7. The van der Waals surface area contributed by atoms with Crippen LogP contribution in [-0.4, -0.2) is 39.9 Å². The fraction of sp³-hybridized carbons (Fsp3) is 0.462. The molecule has 0 N–H and O–H groups in total. The van der Waals surface area contributed by atoms with E-state index in [1.54, 1.807) is 32.0 Å². The molecule has 0 aliphatic carbocycles. The summed E-state index contributed by atoms with van der Waals surface area (Å²) in [5, 5.41) is 0. The SMILES string of the molecule is CO[C@H](C)COC(=O)c1ccc(N(C)C)cc1F. The number of hydrogen-bond donors (Lipinski definition) is 0. The molecule has 0 unspecified atom stereocenters. The number of nitrogens with zero attached hydrogens (tertiary/aromatic N) is 1. The van der Waals surface area contributed by atoms with Gasteiger partial charge in [0.2, 0.25) is 0 Å². The number of ether oxygens (including phenoxy) is 2. The maximum atomic E-state index is 13.7. The van der Waals surface area contributed by atoms with Crippen LogP contribution in [0, 0.1) is 5.82 Å². The van der Waals surface area contributed by atoms with Gasteiger partial charge in [0.05, 0.1) is 11.7 Å². The van der Waals surface area contributed by atoms with Crippen molar-refractivity contribution in [2.45, 2.75) is 13.0 Å². The minimum absolute atomic E-state index is 0.0658. The van der Waals surface area contributed by atoms with E-state index in [1.165, 1.54) is 19.2 Å². The van der Waals surface area contributed by atoms with Crippen molar-refractivity contribution in [2.75, 3.05) is 32.7 Å². The Kier molecular flexibility index (Phi) is 5.09. The van der Waals surface area contributed by atoms with Crippen LogP contribution in [0.25, 0.3) is 0 Å². The second-order valence-corrected chi connectivity index (χ2v) is 4.20. The van der Waals surface area contributed by atoms with E-state index in [4.69, 9.17) is 9.47 Å². The average molecular weight is 255 g/mol. The van der Waals surface area contributed by atoms with Gasteiger partial charge < -0.3 is 14.4 Å². The minimum atomic E-state index is -0.679. The third-order valence-electron chi connectivity index (χ3n) is 2.54. The number of halogens is 1. The lowest BCUT2D eigenvalue weighted by Gasteiger charge is -2.14. The highest BCUT2D eigenvalue weighted by atomic mass is 19.1. The van der Waals surface area contributed by atoms with Crippen LogP contribution in [0.2, 0.25) is 0 Å². The molecule has 18 heavy (non-hydrogen) atoms. The Balaban J connectivity index is 2.74. The Bertz CT molecular complexity index is 421. The van der Waals surface area contributed by atoms with E-state index in [2.05, 4.69) is 0 Å². The van der Waals surface area contributed by atoms with Crippen LogP contribution in [0.4, 0.5) is 10.1 Å². The highest BCUT2D eigenvalue weighted by molar-refractivity contribution is 5.90. The summed E-state index contributed by atoms with van der Waals surface area (Å²) in [5.41, 5.74) is 0.623. The van der Waals surface area contributed by atoms with Gasteiger partial charge in [-0.2, -0.15) is 0 Å². The molecular formula is C13H18FNO3. The zero-order valence-electron chi connectivity index (χ0n) is 11.1. The molecule has 0 aliphatic rings. The van der Waals surface area contributed by atoms with Gasteiger partial charge in [0.25, 0.3) is 0 Å². The predicted molar refractivity (Wildman–Crippen MR) is 67.5 cm³/mol. The largest absolute Gasteiger partial charge is 0.459 e. The highest BCUT2D eigenvalue weighted by Gasteiger charge is 2.15. The maximum absolute atomic E-state index is 13.7. The first kappa shape index (κ1) is 14.4. The summed E-state index contributed by atoms with van der Waals surface area (Å²) in [6.07, 6.45) is -0.210. The molecule has 0 bridgehead atoms. The maximum Gasteiger partial charge on any atom is 0.341 e. The van der Waals surface area contributed by atoms with E-state index in [9.17, 15) is 9.18 Å². The van der Waals surface area contributed by atoms with E-state index >= 15 is 0 Å². The molecule has 0 aliphatic heterocycles. The van der Waals surface area contributed by atoms with Gasteiger partial charge in [-0.25, -0.2) is 9.18 Å². The average Bonchev–Trinajstić information content (AvgIpc) is 2.35. The summed E-state index contributed by atoms with van der Waals surface area (Å²) in [4.78, 5) is 13.4. The van der Waals surface area contributed by atoms with Gasteiger partial charge in [-0.1, -0.05) is 0 Å². The molecular weight excluding hydrogens is 237 g/mol. The van der Waals surface area contributed by atoms with Gasteiger partial charge in [-0.3, -0.25) is 0 Å². The zero-order valence-corrected chi connectivity index (χ0v) is 11.1. The molecule has 1 aromatic carbocycles. The summed E-state index contributed by atoms with van der Waals surface area (Å²) in [6.45, 7) is 1.86. The molecule has 0 amide bonds. The lowest BCUT2D eigenvalue weighted by Crippen LogP contribution is -2.18. The third-order valence-corrected chi connectivity index (χ3v) is 2.54. The molecule has 0 saturated heterocycles.